The van der Waals surface area contributed by atoms with Gasteiger partial charge in [-0.1, -0.05) is 55.5 Å². The predicted molar refractivity (Wildman–Crippen MR) is 123 cm³/mol. The zero-order valence-corrected chi connectivity index (χ0v) is 18.9. The number of amides is 2. The van der Waals surface area contributed by atoms with E-state index in [9.17, 15) is 14.4 Å². The molecule has 0 fully saturated rings. The molecule has 2 aromatic carbocycles. The second kappa shape index (κ2) is 11.5. The number of nitrogens with one attached hydrogen (secondary N) is 2. The molecule has 0 aromatic heterocycles. The van der Waals surface area contributed by atoms with Crippen LogP contribution in [0.4, 0.5) is 4.79 Å². The number of alkyl carbamates (subject to hydrolysis) is 1. The van der Waals surface area contributed by atoms with Gasteiger partial charge in [0.1, 0.15) is 6.61 Å². The van der Waals surface area contributed by atoms with Crippen LogP contribution in [0.5, 0.6) is 0 Å². The first-order chi connectivity index (χ1) is 15.9. The van der Waals surface area contributed by atoms with Crippen molar-refractivity contribution in [3.05, 3.63) is 59.7 Å². The Labute approximate surface area is 193 Å². The van der Waals surface area contributed by atoms with Gasteiger partial charge >= 0.3 is 12.1 Å². The monoisotopic (exact) mass is 454 g/mol. The summed E-state index contributed by atoms with van der Waals surface area (Å²) in [6.45, 7) is 2.15. The van der Waals surface area contributed by atoms with E-state index in [4.69, 9.17) is 14.6 Å². The first kappa shape index (κ1) is 24.3. The SMILES string of the molecule is CCC(CC(=O)NCC(CC(=O)O)OC)NC(=O)OCC1c2ccccc2-c2ccccc21. The van der Waals surface area contributed by atoms with E-state index >= 15 is 0 Å². The summed E-state index contributed by atoms with van der Waals surface area (Å²) in [5.74, 6) is -1.33. The molecule has 0 aliphatic heterocycles. The Morgan fingerprint density at radius 1 is 1.00 bits per heavy atom. The number of hydrogen-bond acceptors (Lipinski definition) is 5. The summed E-state index contributed by atoms with van der Waals surface area (Å²) in [5, 5.41) is 14.3. The maximum Gasteiger partial charge on any atom is 0.407 e. The zero-order valence-electron chi connectivity index (χ0n) is 18.9. The van der Waals surface area contributed by atoms with E-state index in [1.807, 2.05) is 31.2 Å². The van der Waals surface area contributed by atoms with Crippen LogP contribution in [-0.4, -0.2) is 55.5 Å². The van der Waals surface area contributed by atoms with Gasteiger partial charge in [-0.25, -0.2) is 4.79 Å². The van der Waals surface area contributed by atoms with Gasteiger partial charge in [-0.15, -0.1) is 0 Å². The van der Waals surface area contributed by atoms with Gasteiger partial charge in [0, 0.05) is 32.0 Å². The van der Waals surface area contributed by atoms with Crippen molar-refractivity contribution in [2.24, 2.45) is 0 Å². The first-order valence-electron chi connectivity index (χ1n) is 11.1. The molecule has 8 heteroatoms. The molecule has 0 bridgehead atoms. The number of methoxy groups -OCH3 is 1. The predicted octanol–water partition coefficient (Wildman–Crippen LogP) is 3.30. The molecule has 0 saturated heterocycles. The van der Waals surface area contributed by atoms with E-state index < -0.39 is 24.2 Å². The minimum atomic E-state index is -1.00. The highest BCUT2D eigenvalue weighted by molar-refractivity contribution is 5.79. The summed E-state index contributed by atoms with van der Waals surface area (Å²) in [6.07, 6.45) is -0.782. The number of aliphatic carboxylic acids is 1. The second-order valence-electron chi connectivity index (χ2n) is 8.04. The van der Waals surface area contributed by atoms with Crippen LogP contribution in [0.1, 0.15) is 43.2 Å². The van der Waals surface area contributed by atoms with Gasteiger partial charge in [0.25, 0.3) is 0 Å². The minimum Gasteiger partial charge on any atom is -0.481 e. The van der Waals surface area contributed by atoms with Crippen molar-refractivity contribution in [2.75, 3.05) is 20.3 Å². The normalized spacial score (nSPS) is 14.0. The lowest BCUT2D eigenvalue weighted by atomic mass is 9.98. The minimum absolute atomic E-state index is 0.0354. The largest absolute Gasteiger partial charge is 0.481 e. The summed E-state index contributed by atoms with van der Waals surface area (Å²) in [6, 6.07) is 15.8. The molecule has 2 aromatic rings. The molecule has 1 aliphatic rings. The summed E-state index contributed by atoms with van der Waals surface area (Å²) in [4.78, 5) is 35.5. The van der Waals surface area contributed by atoms with Gasteiger partial charge < -0.3 is 25.2 Å². The molecule has 0 saturated carbocycles. The van der Waals surface area contributed by atoms with E-state index in [-0.39, 0.29) is 37.8 Å². The van der Waals surface area contributed by atoms with Crippen LogP contribution >= 0.6 is 0 Å². The van der Waals surface area contributed by atoms with Gasteiger partial charge in [-0.2, -0.15) is 0 Å². The number of carbonyl (C=O) groups is 3. The highest BCUT2D eigenvalue weighted by Gasteiger charge is 2.29. The van der Waals surface area contributed by atoms with Gasteiger partial charge in [-0.3, -0.25) is 9.59 Å². The molecule has 2 unspecified atom stereocenters. The van der Waals surface area contributed by atoms with Crippen molar-refractivity contribution >= 4 is 18.0 Å². The Kier molecular flexibility index (Phi) is 8.43. The number of carboxylic acids is 1. The fourth-order valence-electron chi connectivity index (χ4n) is 4.06. The Bertz CT molecular complexity index is 947. The lowest BCUT2D eigenvalue weighted by molar-refractivity contribution is -0.140. The Morgan fingerprint density at radius 2 is 1.61 bits per heavy atom. The fourth-order valence-corrected chi connectivity index (χ4v) is 4.06. The molecular weight excluding hydrogens is 424 g/mol. The van der Waals surface area contributed by atoms with Crippen LogP contribution in [0.25, 0.3) is 11.1 Å². The average Bonchev–Trinajstić information content (AvgIpc) is 3.13. The van der Waals surface area contributed by atoms with Crippen molar-refractivity contribution < 1.29 is 29.0 Å². The standard InChI is InChI=1S/C25H30N2O6/c1-3-16(12-23(28)26-14-17(32-2)13-24(29)30)27-25(31)33-15-22-20-10-6-4-8-18(20)19-9-5-7-11-21(19)22/h4-11,16-17,22H,3,12-15H2,1-2H3,(H,26,28)(H,27,31)(H,29,30). The maximum atomic E-state index is 12.5. The van der Waals surface area contributed by atoms with E-state index in [0.29, 0.717) is 6.42 Å². The topological polar surface area (TPSA) is 114 Å². The van der Waals surface area contributed by atoms with E-state index in [2.05, 4.69) is 34.9 Å². The number of rotatable bonds is 11. The number of carbonyl (C=O) groups excluding carboxylic acids is 2. The maximum absolute atomic E-state index is 12.5. The van der Waals surface area contributed by atoms with Crippen LogP contribution in [0, 0.1) is 0 Å². The third-order valence-corrected chi connectivity index (χ3v) is 5.85. The van der Waals surface area contributed by atoms with Gasteiger partial charge in [0.05, 0.1) is 12.5 Å². The zero-order chi connectivity index (χ0) is 23.8. The highest BCUT2D eigenvalue weighted by Crippen LogP contribution is 2.44. The molecule has 33 heavy (non-hydrogen) atoms. The molecule has 1 aliphatic carbocycles. The molecule has 176 valence electrons. The molecule has 0 heterocycles. The van der Waals surface area contributed by atoms with Crippen LogP contribution in [0.3, 0.4) is 0 Å². The third-order valence-electron chi connectivity index (χ3n) is 5.85. The number of hydrogen-bond donors (Lipinski definition) is 3. The second-order valence-corrected chi connectivity index (χ2v) is 8.04. The van der Waals surface area contributed by atoms with E-state index in [1.54, 1.807) is 0 Å². The van der Waals surface area contributed by atoms with E-state index in [0.717, 1.165) is 22.3 Å². The molecule has 0 radical (unpaired) electrons. The Morgan fingerprint density at radius 3 is 2.15 bits per heavy atom. The summed E-state index contributed by atoms with van der Waals surface area (Å²) >= 11 is 0. The number of benzene rings is 2. The lowest BCUT2D eigenvalue weighted by Gasteiger charge is -2.19. The molecule has 2 atom stereocenters. The smallest absolute Gasteiger partial charge is 0.407 e. The van der Waals surface area contributed by atoms with Gasteiger partial charge in [0.2, 0.25) is 5.91 Å². The van der Waals surface area contributed by atoms with Crippen LogP contribution in [0.2, 0.25) is 0 Å². The van der Waals surface area contributed by atoms with Crippen LogP contribution < -0.4 is 10.6 Å². The number of fused-ring (bicyclic) bond motifs is 3. The third kappa shape index (κ3) is 6.32. The summed E-state index contributed by atoms with van der Waals surface area (Å²) in [5.41, 5.74) is 4.57. The average molecular weight is 455 g/mol. The molecule has 0 spiro atoms. The number of carboxylic acid groups (broad SMARTS) is 1. The fraction of sp³-hybridized carbons (Fsp3) is 0.400. The first-order valence-corrected chi connectivity index (χ1v) is 11.1. The molecule has 3 N–H and O–H groups in total. The molecular formula is C25H30N2O6. The summed E-state index contributed by atoms with van der Waals surface area (Å²) < 4.78 is 10.6. The van der Waals surface area contributed by atoms with Crippen molar-refractivity contribution in [1.82, 2.24) is 10.6 Å². The summed E-state index contributed by atoms with van der Waals surface area (Å²) in [7, 11) is 1.40. The van der Waals surface area contributed by atoms with Crippen molar-refractivity contribution in [3.63, 3.8) is 0 Å². The molecule has 8 nitrogen and oxygen atoms in total. The highest BCUT2D eigenvalue weighted by atomic mass is 16.5. The van der Waals surface area contributed by atoms with Crippen molar-refractivity contribution in [3.8, 4) is 11.1 Å². The van der Waals surface area contributed by atoms with Gasteiger partial charge in [-0.05, 0) is 28.7 Å². The lowest BCUT2D eigenvalue weighted by Crippen LogP contribution is -2.41. The van der Waals surface area contributed by atoms with Crippen molar-refractivity contribution in [1.29, 1.82) is 0 Å². The van der Waals surface area contributed by atoms with Crippen molar-refractivity contribution in [2.45, 2.75) is 44.2 Å². The number of ether oxygens (including phenoxy) is 2. The van der Waals surface area contributed by atoms with Crippen LogP contribution in [-0.2, 0) is 19.1 Å². The molecule has 2 amide bonds. The Balaban J connectivity index is 1.51. The van der Waals surface area contributed by atoms with Gasteiger partial charge in [0.15, 0.2) is 0 Å². The molecule has 3 rings (SSSR count). The Hall–Kier alpha value is -3.39. The van der Waals surface area contributed by atoms with E-state index in [1.165, 1.54) is 7.11 Å². The quantitative estimate of drug-likeness (QED) is 0.480. The van der Waals surface area contributed by atoms with Crippen LogP contribution in [0.15, 0.2) is 48.5 Å².